The number of H-pyrrole nitrogens is 2. The van der Waals surface area contributed by atoms with Gasteiger partial charge in [-0.3, -0.25) is 5.32 Å². The normalized spacial score (nSPS) is 21.9. The number of hydrogen-bond acceptors (Lipinski definition) is 2. The fourth-order valence-electron chi connectivity index (χ4n) is 7.93. The minimum Gasteiger partial charge on any atom is -0.358 e. The summed E-state index contributed by atoms with van der Waals surface area (Å²) in [6, 6.07) is 44.5. The van der Waals surface area contributed by atoms with Crippen molar-refractivity contribution in [2.24, 2.45) is 4.99 Å². The lowest BCUT2D eigenvalue weighted by Gasteiger charge is -2.26. The molecule has 0 aliphatic carbocycles. The summed E-state index contributed by atoms with van der Waals surface area (Å²) in [6.07, 6.45) is 9.07. The first-order chi connectivity index (χ1) is 25.4. The third kappa shape index (κ3) is 5.85. The molecule has 9 rings (SSSR count). The summed E-state index contributed by atoms with van der Waals surface area (Å²) in [5.74, 6) is 0.0610. The van der Waals surface area contributed by atoms with Gasteiger partial charge in [0.15, 0.2) is 0 Å². The number of allylic oxidation sites excluding steroid dienone is 2. The van der Waals surface area contributed by atoms with Gasteiger partial charge < -0.3 is 9.97 Å². The smallest absolute Gasteiger partial charge is 0.0737 e. The first kappa shape index (κ1) is 32.0. The van der Waals surface area contributed by atoms with Gasteiger partial charge in [-0.2, -0.15) is 0 Å². The molecular weight excluding hydrogens is 633 g/mol. The SMILES string of the molecule is Cc1ccc(C2=c3cc/c([nH]3)=C(\c3ccc(C)cc3)c3ccc([nH]3)C(c3ccc(C)cc3)C3C=CC(N3)/C(c3ccc(C)cc3)=C3/C=CC2=N3)cc1. The second-order valence-electron chi connectivity index (χ2n) is 14.5. The maximum absolute atomic E-state index is 5.46. The number of hydrogen-bond donors (Lipinski definition) is 3. The number of aromatic nitrogens is 2. The number of aromatic amines is 2. The fraction of sp³-hybridized carbons (Fsp3) is 0.146. The lowest BCUT2D eigenvalue weighted by atomic mass is 9.88. The van der Waals surface area contributed by atoms with Gasteiger partial charge >= 0.3 is 0 Å². The molecular formula is C48H42N4. The molecule has 4 nitrogen and oxygen atoms in total. The number of benzene rings is 4. The molecule has 52 heavy (non-hydrogen) atoms. The molecule has 2 aromatic heterocycles. The highest BCUT2D eigenvalue weighted by atomic mass is 15.0. The van der Waals surface area contributed by atoms with Gasteiger partial charge in [0.25, 0.3) is 0 Å². The maximum atomic E-state index is 5.46. The standard InChI is InChI=1S/C48H42N4/c1-29-5-13-33(14-6-29)45-37-21-23-39(49-37)46(34-15-7-30(2)8-16-34)41-25-27-43(51-41)48(36-19-11-32(4)12-20-36)44-28-26-42(52-44)47(40-24-22-38(45)50-40)35-17-9-31(3)10-18-35/h5-28,37,39,45,49-50,52H,1-4H3/b46-41-,47-42-,48-44?. The number of nitrogens with one attached hydrogen (secondary N) is 3. The molecule has 4 aromatic carbocycles. The van der Waals surface area contributed by atoms with Crippen molar-refractivity contribution in [2.45, 2.75) is 45.7 Å². The Labute approximate surface area is 305 Å². The van der Waals surface area contributed by atoms with E-state index in [2.05, 4.69) is 189 Å². The molecule has 5 heterocycles. The largest absolute Gasteiger partial charge is 0.358 e. The molecule has 0 radical (unpaired) electrons. The maximum Gasteiger partial charge on any atom is 0.0737 e. The van der Waals surface area contributed by atoms with Gasteiger partial charge in [0.2, 0.25) is 0 Å². The van der Waals surface area contributed by atoms with Crippen molar-refractivity contribution < 1.29 is 0 Å². The average molecular weight is 675 g/mol. The van der Waals surface area contributed by atoms with Crippen LogP contribution >= 0.6 is 0 Å². The molecule has 3 aliphatic rings. The van der Waals surface area contributed by atoms with E-state index in [1.165, 1.54) is 44.6 Å². The van der Waals surface area contributed by atoms with E-state index in [-0.39, 0.29) is 18.0 Å². The van der Waals surface area contributed by atoms with E-state index >= 15 is 0 Å². The summed E-state index contributed by atoms with van der Waals surface area (Å²) >= 11 is 0. The zero-order valence-corrected chi connectivity index (χ0v) is 30.0. The average Bonchev–Trinajstić information content (AvgIpc) is 3.99. The predicted octanol–water partition coefficient (Wildman–Crippen LogP) is 8.49. The van der Waals surface area contributed by atoms with Crippen LogP contribution in [0.5, 0.6) is 0 Å². The van der Waals surface area contributed by atoms with Crippen LogP contribution < -0.4 is 16.0 Å². The van der Waals surface area contributed by atoms with Crippen molar-refractivity contribution in [3.8, 4) is 0 Å². The van der Waals surface area contributed by atoms with Crippen molar-refractivity contribution >= 4 is 22.4 Å². The van der Waals surface area contributed by atoms with Crippen molar-refractivity contribution in [3.05, 3.63) is 218 Å². The van der Waals surface area contributed by atoms with Crippen molar-refractivity contribution in [2.75, 3.05) is 0 Å². The summed E-state index contributed by atoms with van der Waals surface area (Å²) in [6.45, 7) is 8.56. The molecule has 0 amide bonds. The van der Waals surface area contributed by atoms with Crippen molar-refractivity contribution in [3.63, 3.8) is 0 Å². The summed E-state index contributed by atoms with van der Waals surface area (Å²) in [5, 5.41) is 6.15. The summed E-state index contributed by atoms with van der Waals surface area (Å²) in [5.41, 5.74) is 17.2. The second kappa shape index (κ2) is 13.0. The quantitative estimate of drug-likeness (QED) is 0.162. The molecule has 3 atom stereocenters. The molecule has 0 saturated carbocycles. The molecule has 3 aliphatic heterocycles. The topological polar surface area (TPSA) is 56.0 Å². The molecule has 6 aromatic rings. The highest BCUT2D eigenvalue weighted by Crippen LogP contribution is 2.37. The Balaban J connectivity index is 1.35. The van der Waals surface area contributed by atoms with Crippen LogP contribution in [-0.2, 0) is 0 Å². The van der Waals surface area contributed by atoms with E-state index < -0.39 is 0 Å². The minimum atomic E-state index is -0.0275. The zero-order valence-electron chi connectivity index (χ0n) is 30.0. The molecule has 3 unspecified atom stereocenters. The Morgan fingerprint density at radius 3 is 1.69 bits per heavy atom. The van der Waals surface area contributed by atoms with E-state index in [4.69, 9.17) is 4.99 Å². The van der Waals surface area contributed by atoms with Crippen LogP contribution in [0.1, 0.15) is 61.8 Å². The van der Waals surface area contributed by atoms with E-state index in [1.807, 2.05) is 0 Å². The minimum absolute atomic E-state index is 0.0275. The molecule has 254 valence electrons. The van der Waals surface area contributed by atoms with E-state index in [9.17, 15) is 0 Å². The molecule has 0 saturated heterocycles. The lowest BCUT2D eigenvalue weighted by Crippen LogP contribution is -2.36. The Kier molecular flexibility index (Phi) is 7.98. The summed E-state index contributed by atoms with van der Waals surface area (Å²) in [7, 11) is 0. The first-order valence-electron chi connectivity index (χ1n) is 18.2. The lowest BCUT2D eigenvalue weighted by molar-refractivity contribution is 0.561. The van der Waals surface area contributed by atoms with E-state index in [1.54, 1.807) is 0 Å². The molecule has 3 N–H and O–H groups in total. The molecule has 8 bridgehead atoms. The number of aliphatic imine (C=N–C) groups is 1. The highest BCUT2D eigenvalue weighted by Gasteiger charge is 2.33. The van der Waals surface area contributed by atoms with Crippen LogP contribution in [0, 0.1) is 27.7 Å². The van der Waals surface area contributed by atoms with Crippen molar-refractivity contribution in [1.82, 2.24) is 15.3 Å². The van der Waals surface area contributed by atoms with Gasteiger partial charge in [-0.1, -0.05) is 131 Å². The van der Waals surface area contributed by atoms with Crippen LogP contribution in [0.15, 0.2) is 156 Å². The van der Waals surface area contributed by atoms with Gasteiger partial charge in [0.05, 0.1) is 17.5 Å². The number of fused-ring (bicyclic) bond motifs is 7. The summed E-state index contributed by atoms with van der Waals surface area (Å²) in [4.78, 5) is 13.3. The van der Waals surface area contributed by atoms with Gasteiger partial charge in [-0.25, -0.2) is 4.99 Å². The van der Waals surface area contributed by atoms with Crippen LogP contribution in [0.2, 0.25) is 0 Å². The van der Waals surface area contributed by atoms with E-state index in [0.717, 1.165) is 50.1 Å². The number of nitrogens with zero attached hydrogens (tertiary/aromatic N) is 1. The van der Waals surface area contributed by atoms with Crippen LogP contribution in [-0.4, -0.2) is 27.8 Å². The second-order valence-corrected chi connectivity index (χ2v) is 14.5. The fourth-order valence-corrected chi connectivity index (χ4v) is 7.93. The third-order valence-electron chi connectivity index (χ3n) is 10.7. The van der Waals surface area contributed by atoms with Gasteiger partial charge in [-0.05, 0) is 86.4 Å². The van der Waals surface area contributed by atoms with Gasteiger partial charge in [0, 0.05) is 50.8 Å². The van der Waals surface area contributed by atoms with Gasteiger partial charge in [-0.15, -0.1) is 0 Å². The monoisotopic (exact) mass is 674 g/mol. The third-order valence-corrected chi connectivity index (χ3v) is 10.7. The molecule has 0 fully saturated rings. The highest BCUT2D eigenvalue weighted by molar-refractivity contribution is 6.30. The first-order valence-corrected chi connectivity index (χ1v) is 18.2. The zero-order chi connectivity index (χ0) is 35.3. The number of aryl methyl sites for hydroxylation is 4. The van der Waals surface area contributed by atoms with Gasteiger partial charge in [0.1, 0.15) is 0 Å². The molecule has 4 heteroatoms. The van der Waals surface area contributed by atoms with Crippen LogP contribution in [0.3, 0.4) is 0 Å². The summed E-state index contributed by atoms with van der Waals surface area (Å²) < 4.78 is 0. The van der Waals surface area contributed by atoms with Crippen LogP contribution in [0.25, 0.3) is 16.7 Å². The van der Waals surface area contributed by atoms with Crippen molar-refractivity contribution in [1.29, 1.82) is 0 Å². The Morgan fingerprint density at radius 2 is 1.06 bits per heavy atom. The Bertz CT molecular complexity index is 2550. The Hall–Kier alpha value is -5.97. The molecule has 0 spiro atoms. The predicted molar refractivity (Wildman–Crippen MR) is 215 cm³/mol. The Morgan fingerprint density at radius 1 is 0.500 bits per heavy atom. The van der Waals surface area contributed by atoms with Crippen LogP contribution in [0.4, 0.5) is 0 Å². The van der Waals surface area contributed by atoms with E-state index in [0.29, 0.717) is 0 Å². The number of rotatable bonds is 4.